The summed E-state index contributed by atoms with van der Waals surface area (Å²) in [6.07, 6.45) is 1.90. The summed E-state index contributed by atoms with van der Waals surface area (Å²) < 4.78 is 0.993. The van der Waals surface area contributed by atoms with Gasteiger partial charge in [0.05, 0.1) is 22.1 Å². The summed E-state index contributed by atoms with van der Waals surface area (Å²) in [5.74, 6) is -1.51. The van der Waals surface area contributed by atoms with Gasteiger partial charge in [-0.15, -0.1) is 16.9 Å². The lowest BCUT2D eigenvalue weighted by atomic mass is 9.71. The van der Waals surface area contributed by atoms with Crippen molar-refractivity contribution in [3.8, 4) is 0 Å². The largest absolute Gasteiger partial charge is 0.396 e. The van der Waals surface area contributed by atoms with Gasteiger partial charge in [-0.05, 0) is 31.4 Å². The number of amides is 3. The normalized spacial score (nSPS) is 30.7. The molecule has 3 amide bonds. The van der Waals surface area contributed by atoms with E-state index in [2.05, 4.69) is 20.9 Å². The SMILES string of the molecule is CNC(=O)[C@@H]1[C@H]2C(=O)N(CCCO)C(C(=O)NCn3nnc4ccccc43)C23CC[C@H]1S3. The fourth-order valence-corrected chi connectivity index (χ4v) is 7.91. The summed E-state index contributed by atoms with van der Waals surface area (Å²) in [7, 11) is 1.58. The molecule has 11 heteroatoms. The van der Waals surface area contributed by atoms with E-state index < -0.39 is 22.6 Å². The topological polar surface area (TPSA) is 129 Å². The van der Waals surface area contributed by atoms with Crippen molar-refractivity contribution in [1.82, 2.24) is 30.5 Å². The summed E-state index contributed by atoms with van der Waals surface area (Å²) in [6, 6.07) is 6.80. The summed E-state index contributed by atoms with van der Waals surface area (Å²) in [6.45, 7) is 0.338. The van der Waals surface area contributed by atoms with E-state index >= 15 is 0 Å². The second-order valence-corrected chi connectivity index (χ2v) is 10.2. The van der Waals surface area contributed by atoms with Crippen LogP contribution in [0.5, 0.6) is 0 Å². The van der Waals surface area contributed by atoms with Crippen molar-refractivity contribution < 1.29 is 19.5 Å². The number of aromatic nitrogens is 3. The standard InChI is InChI=1S/C21H26N6O4S/c1-22-18(29)15-14-7-8-21(32-14)16(15)20(31)26(9-4-10-28)17(21)19(30)23-11-27-13-6-3-2-5-12(13)24-25-27/h2-3,5-6,14-17,28H,4,7-11H2,1H3,(H,22,29)(H,23,30)/t14-,15+,16+,17?,21?/m1/s1. The minimum absolute atomic E-state index is 0.0402. The average Bonchev–Trinajstić information content (AvgIpc) is 3.55. The molecule has 0 aliphatic carbocycles. The van der Waals surface area contributed by atoms with Crippen LogP contribution in [0.2, 0.25) is 0 Å². The second kappa shape index (κ2) is 8.04. The zero-order valence-corrected chi connectivity index (χ0v) is 18.5. The molecule has 5 atom stereocenters. The van der Waals surface area contributed by atoms with E-state index in [9.17, 15) is 19.5 Å². The molecule has 3 aliphatic rings. The highest BCUT2D eigenvalue weighted by Crippen LogP contribution is 2.66. The van der Waals surface area contributed by atoms with Crippen LogP contribution in [-0.4, -0.2) is 79.0 Å². The lowest BCUT2D eigenvalue weighted by Crippen LogP contribution is -2.54. The fraction of sp³-hybridized carbons (Fsp3) is 0.571. The summed E-state index contributed by atoms with van der Waals surface area (Å²) in [4.78, 5) is 41.2. The number of hydrogen-bond donors (Lipinski definition) is 3. The second-order valence-electron chi connectivity index (χ2n) is 8.56. The number of benzene rings is 1. The van der Waals surface area contributed by atoms with Gasteiger partial charge in [-0.2, -0.15) is 0 Å². The smallest absolute Gasteiger partial charge is 0.245 e. The highest BCUT2D eigenvalue weighted by Gasteiger charge is 2.73. The van der Waals surface area contributed by atoms with Crippen LogP contribution in [0.25, 0.3) is 11.0 Å². The average molecular weight is 459 g/mol. The third-order valence-electron chi connectivity index (χ3n) is 6.98. The first kappa shape index (κ1) is 21.2. The molecule has 2 unspecified atom stereocenters. The lowest BCUT2D eigenvalue weighted by molar-refractivity contribution is -0.140. The Morgan fingerprint density at radius 3 is 2.91 bits per heavy atom. The molecule has 1 spiro atoms. The van der Waals surface area contributed by atoms with Crippen molar-refractivity contribution in [1.29, 1.82) is 0 Å². The van der Waals surface area contributed by atoms with Gasteiger partial charge in [0.15, 0.2) is 0 Å². The Labute approximate surface area is 189 Å². The molecular formula is C21H26N6O4S. The molecule has 3 saturated heterocycles. The van der Waals surface area contributed by atoms with Crippen LogP contribution < -0.4 is 10.6 Å². The fourth-order valence-electron chi connectivity index (χ4n) is 5.69. The van der Waals surface area contributed by atoms with E-state index in [1.165, 1.54) is 0 Å². The van der Waals surface area contributed by atoms with Crippen molar-refractivity contribution in [3.05, 3.63) is 24.3 Å². The van der Waals surface area contributed by atoms with E-state index in [-0.39, 0.29) is 42.8 Å². The molecule has 1 aromatic heterocycles. The van der Waals surface area contributed by atoms with E-state index in [1.807, 2.05) is 24.3 Å². The molecule has 0 radical (unpaired) electrons. The predicted octanol–water partition coefficient (Wildman–Crippen LogP) is -0.275. The quantitative estimate of drug-likeness (QED) is 0.521. The molecule has 3 N–H and O–H groups in total. The van der Waals surface area contributed by atoms with Gasteiger partial charge in [-0.3, -0.25) is 14.4 Å². The first-order chi connectivity index (χ1) is 15.5. The summed E-state index contributed by atoms with van der Waals surface area (Å²) in [5.41, 5.74) is 1.54. The van der Waals surface area contributed by atoms with Gasteiger partial charge in [0, 0.05) is 25.4 Å². The molecule has 5 rings (SSSR count). The van der Waals surface area contributed by atoms with E-state index in [4.69, 9.17) is 0 Å². The molecule has 32 heavy (non-hydrogen) atoms. The number of thioether (sulfide) groups is 1. The molecule has 2 bridgehead atoms. The van der Waals surface area contributed by atoms with Crippen LogP contribution in [0.4, 0.5) is 0 Å². The molecule has 170 valence electrons. The third-order valence-corrected chi connectivity index (χ3v) is 8.93. The Bertz CT molecular complexity index is 1080. The van der Waals surface area contributed by atoms with Crippen molar-refractivity contribution >= 4 is 40.5 Å². The van der Waals surface area contributed by atoms with E-state index in [1.54, 1.807) is 28.4 Å². The molecule has 4 heterocycles. The lowest BCUT2D eigenvalue weighted by Gasteiger charge is -2.34. The summed E-state index contributed by atoms with van der Waals surface area (Å²) >= 11 is 1.62. The van der Waals surface area contributed by atoms with Gasteiger partial charge >= 0.3 is 0 Å². The maximum absolute atomic E-state index is 13.5. The number of carbonyl (C=O) groups excluding carboxylic acids is 3. The maximum atomic E-state index is 13.5. The maximum Gasteiger partial charge on any atom is 0.245 e. The van der Waals surface area contributed by atoms with Crippen LogP contribution in [0.1, 0.15) is 19.3 Å². The highest BCUT2D eigenvalue weighted by molar-refractivity contribution is 8.02. The highest BCUT2D eigenvalue weighted by atomic mass is 32.2. The number of carbonyl (C=O) groups is 3. The number of hydrogen-bond acceptors (Lipinski definition) is 7. The number of nitrogens with one attached hydrogen (secondary N) is 2. The molecule has 1 aromatic carbocycles. The van der Waals surface area contributed by atoms with Crippen molar-refractivity contribution in [2.45, 2.75) is 42.0 Å². The molecule has 10 nitrogen and oxygen atoms in total. The van der Waals surface area contributed by atoms with Crippen molar-refractivity contribution in [2.75, 3.05) is 20.2 Å². The van der Waals surface area contributed by atoms with Crippen molar-refractivity contribution in [3.63, 3.8) is 0 Å². The third kappa shape index (κ3) is 3.01. The predicted molar refractivity (Wildman–Crippen MR) is 117 cm³/mol. The molecule has 0 saturated carbocycles. The van der Waals surface area contributed by atoms with Crippen LogP contribution in [0.3, 0.4) is 0 Å². The monoisotopic (exact) mass is 458 g/mol. The van der Waals surface area contributed by atoms with Crippen molar-refractivity contribution in [2.24, 2.45) is 11.8 Å². The van der Waals surface area contributed by atoms with Crippen LogP contribution in [0, 0.1) is 11.8 Å². The van der Waals surface area contributed by atoms with Gasteiger partial charge < -0.3 is 20.6 Å². The Kier molecular flexibility index (Phi) is 5.32. The number of rotatable bonds is 7. The number of para-hydroxylation sites is 1. The van der Waals surface area contributed by atoms with E-state index in [0.717, 1.165) is 17.5 Å². The Morgan fingerprint density at radius 2 is 2.12 bits per heavy atom. The van der Waals surface area contributed by atoms with Crippen LogP contribution >= 0.6 is 11.8 Å². The first-order valence-corrected chi connectivity index (χ1v) is 11.8. The molecule has 3 aliphatic heterocycles. The summed E-state index contributed by atoms with van der Waals surface area (Å²) in [5, 5.41) is 23.3. The number of likely N-dealkylation sites (tertiary alicyclic amines) is 1. The van der Waals surface area contributed by atoms with E-state index in [0.29, 0.717) is 12.8 Å². The first-order valence-electron chi connectivity index (χ1n) is 10.9. The number of aliphatic hydroxyl groups excluding tert-OH is 1. The van der Waals surface area contributed by atoms with Crippen LogP contribution in [-0.2, 0) is 21.1 Å². The minimum Gasteiger partial charge on any atom is -0.396 e. The minimum atomic E-state index is -0.689. The van der Waals surface area contributed by atoms with Gasteiger partial charge in [-0.25, -0.2) is 4.68 Å². The number of aliphatic hydroxyl groups is 1. The number of nitrogens with zero attached hydrogens (tertiary/aromatic N) is 4. The van der Waals surface area contributed by atoms with Gasteiger partial charge in [0.1, 0.15) is 18.2 Å². The van der Waals surface area contributed by atoms with Gasteiger partial charge in [0.2, 0.25) is 17.7 Å². The molecule has 3 fully saturated rings. The Hall–Kier alpha value is -2.66. The Morgan fingerprint density at radius 1 is 1.31 bits per heavy atom. The zero-order valence-electron chi connectivity index (χ0n) is 17.7. The Balaban J connectivity index is 1.43. The van der Waals surface area contributed by atoms with Gasteiger partial charge in [0.25, 0.3) is 0 Å². The van der Waals surface area contributed by atoms with Gasteiger partial charge in [-0.1, -0.05) is 17.3 Å². The molecular weight excluding hydrogens is 432 g/mol. The number of fused-ring (bicyclic) bond motifs is 2. The van der Waals surface area contributed by atoms with Crippen LogP contribution in [0.15, 0.2) is 24.3 Å². The zero-order chi connectivity index (χ0) is 22.5. The molecule has 2 aromatic rings.